The molecule has 0 aliphatic carbocycles. The number of halogens is 6. The summed E-state index contributed by atoms with van der Waals surface area (Å²) in [6, 6.07) is -0.845. The highest BCUT2D eigenvalue weighted by molar-refractivity contribution is 5.77. The molecule has 0 spiro atoms. The van der Waals surface area contributed by atoms with E-state index in [0.717, 1.165) is 18.6 Å². The highest BCUT2D eigenvalue weighted by atomic mass is 19.4. The van der Waals surface area contributed by atoms with Gasteiger partial charge in [-0.05, 0) is 19.8 Å². The molecule has 2 saturated heterocycles. The van der Waals surface area contributed by atoms with Crippen LogP contribution in [-0.2, 0) is 21.9 Å². The summed E-state index contributed by atoms with van der Waals surface area (Å²) in [6.07, 6.45) is -5.74. The summed E-state index contributed by atoms with van der Waals surface area (Å²) < 4.78 is 83.3. The van der Waals surface area contributed by atoms with Crippen molar-refractivity contribution in [2.24, 2.45) is 0 Å². The van der Waals surface area contributed by atoms with Gasteiger partial charge in [0.2, 0.25) is 11.9 Å². The van der Waals surface area contributed by atoms with E-state index < -0.39 is 40.8 Å². The molecule has 10 nitrogen and oxygen atoms in total. The molecule has 2 N–H and O–H groups in total. The average Bonchev–Trinajstić information content (AvgIpc) is 3.43. The molecular formula is C22H25F6N7O3. The van der Waals surface area contributed by atoms with Gasteiger partial charge in [-0.25, -0.2) is 15.1 Å². The van der Waals surface area contributed by atoms with E-state index in [0.29, 0.717) is 25.9 Å². The Kier molecular flexibility index (Phi) is 7.80. The van der Waals surface area contributed by atoms with Gasteiger partial charge in [-0.1, -0.05) is 0 Å². The van der Waals surface area contributed by atoms with Crippen molar-refractivity contribution in [1.82, 2.24) is 25.1 Å². The Morgan fingerprint density at radius 3 is 2.45 bits per heavy atom. The summed E-state index contributed by atoms with van der Waals surface area (Å²) in [4.78, 5) is 35.6. The number of aromatic nitrogens is 4. The van der Waals surface area contributed by atoms with Gasteiger partial charge in [-0.3, -0.25) is 9.59 Å². The molecule has 4 heterocycles. The molecule has 38 heavy (non-hydrogen) atoms. The highest BCUT2D eigenvalue weighted by Crippen LogP contribution is 2.35. The van der Waals surface area contributed by atoms with Crippen molar-refractivity contribution in [3.63, 3.8) is 0 Å². The Morgan fingerprint density at radius 2 is 1.79 bits per heavy atom. The second-order valence-electron chi connectivity index (χ2n) is 9.12. The molecular weight excluding hydrogens is 524 g/mol. The Bertz CT molecular complexity index is 1190. The normalized spacial score (nSPS) is 20.5. The van der Waals surface area contributed by atoms with Crippen molar-refractivity contribution in [2.75, 3.05) is 36.5 Å². The van der Waals surface area contributed by atoms with Crippen LogP contribution in [0.1, 0.15) is 37.3 Å². The molecule has 16 heteroatoms. The van der Waals surface area contributed by atoms with Gasteiger partial charge >= 0.3 is 12.4 Å². The van der Waals surface area contributed by atoms with E-state index in [2.05, 4.69) is 20.4 Å². The van der Waals surface area contributed by atoms with Crippen LogP contribution >= 0.6 is 0 Å². The fraction of sp³-hybridized carbons (Fsp3) is 0.591. The van der Waals surface area contributed by atoms with Gasteiger partial charge in [0.1, 0.15) is 5.56 Å². The SMILES string of the molecule is CC(COCCC(=O)N1CC[C@H]2[C@@H]1CCN2c1ncc(C(F)(F)F)cn1)Nc1cn[nH]c(=O)c1C(F)(F)F. The van der Waals surface area contributed by atoms with Gasteiger partial charge < -0.3 is 19.9 Å². The molecule has 2 aromatic rings. The number of nitrogens with one attached hydrogen (secondary N) is 2. The van der Waals surface area contributed by atoms with E-state index in [4.69, 9.17) is 4.74 Å². The highest BCUT2D eigenvalue weighted by Gasteiger charge is 2.45. The van der Waals surface area contributed by atoms with Crippen LogP contribution in [-0.4, -0.2) is 75.4 Å². The van der Waals surface area contributed by atoms with E-state index in [1.807, 2.05) is 4.90 Å². The average molecular weight is 549 g/mol. The van der Waals surface area contributed by atoms with Crippen molar-refractivity contribution in [3.05, 3.63) is 40.1 Å². The number of nitrogens with zero attached hydrogens (tertiary/aromatic N) is 5. The van der Waals surface area contributed by atoms with Crippen molar-refractivity contribution >= 4 is 17.5 Å². The van der Waals surface area contributed by atoms with E-state index in [-0.39, 0.29) is 43.6 Å². The number of hydrogen-bond acceptors (Lipinski definition) is 8. The number of alkyl halides is 6. The van der Waals surface area contributed by atoms with E-state index >= 15 is 0 Å². The molecule has 3 atom stereocenters. The monoisotopic (exact) mass is 549 g/mol. The van der Waals surface area contributed by atoms with Crippen LogP contribution in [0.5, 0.6) is 0 Å². The molecule has 2 fully saturated rings. The third-order valence-corrected chi connectivity index (χ3v) is 6.49. The number of hydrogen-bond donors (Lipinski definition) is 2. The maximum Gasteiger partial charge on any atom is 0.423 e. The second kappa shape index (κ2) is 10.7. The first-order valence-electron chi connectivity index (χ1n) is 11.8. The Labute approximate surface area is 212 Å². The standard InChI is InChI=1S/C22H25F6N7O3/c1-12(32-14-10-31-33-19(37)18(14)22(26,27)28)11-38-7-4-17(36)34-5-2-16-15(34)3-6-35(16)20-29-8-13(9-30-20)21(23,24)25/h8-10,12,15-16H,2-7,11H2,1H3,(H2,32,33,37)/t12?,15-,16-/m0/s1. The molecule has 208 valence electrons. The summed E-state index contributed by atoms with van der Waals surface area (Å²) in [6.45, 7) is 2.54. The summed E-state index contributed by atoms with van der Waals surface area (Å²) in [7, 11) is 0. The van der Waals surface area contributed by atoms with Crippen molar-refractivity contribution in [1.29, 1.82) is 0 Å². The van der Waals surface area contributed by atoms with Gasteiger partial charge in [0.15, 0.2) is 0 Å². The fourth-order valence-corrected chi connectivity index (χ4v) is 4.82. The van der Waals surface area contributed by atoms with Gasteiger partial charge in [0, 0.05) is 31.5 Å². The number of anilines is 2. The van der Waals surface area contributed by atoms with Crippen molar-refractivity contribution in [3.8, 4) is 0 Å². The molecule has 0 saturated carbocycles. The molecule has 2 aliphatic heterocycles. The predicted molar refractivity (Wildman–Crippen MR) is 121 cm³/mol. The van der Waals surface area contributed by atoms with Gasteiger partial charge in [-0.15, -0.1) is 0 Å². The summed E-state index contributed by atoms with van der Waals surface area (Å²) >= 11 is 0. The molecule has 1 amide bonds. The number of fused-ring (bicyclic) bond motifs is 1. The van der Waals surface area contributed by atoms with Gasteiger partial charge in [0.25, 0.3) is 5.56 Å². The van der Waals surface area contributed by atoms with Crippen LogP contribution in [0.3, 0.4) is 0 Å². The van der Waals surface area contributed by atoms with Crippen LogP contribution in [0.15, 0.2) is 23.4 Å². The predicted octanol–water partition coefficient (Wildman–Crippen LogP) is 2.68. The lowest BCUT2D eigenvalue weighted by Gasteiger charge is -2.26. The lowest BCUT2D eigenvalue weighted by atomic mass is 10.1. The lowest BCUT2D eigenvalue weighted by molar-refractivity contribution is -0.139. The molecule has 2 aliphatic rings. The number of H-pyrrole nitrogens is 1. The van der Waals surface area contributed by atoms with E-state index in [1.165, 1.54) is 0 Å². The maximum atomic E-state index is 13.2. The molecule has 4 rings (SSSR count). The Hall–Kier alpha value is -3.43. The van der Waals surface area contributed by atoms with Gasteiger partial charge in [0.05, 0.1) is 49.2 Å². The number of amides is 1. The van der Waals surface area contributed by atoms with Crippen LogP contribution in [0.4, 0.5) is 38.0 Å². The number of carbonyl (C=O) groups is 1. The maximum absolute atomic E-state index is 13.2. The van der Waals surface area contributed by atoms with Crippen LogP contribution in [0.25, 0.3) is 0 Å². The summed E-state index contributed by atoms with van der Waals surface area (Å²) in [5.74, 6) is 0.0281. The van der Waals surface area contributed by atoms with E-state index in [9.17, 15) is 35.9 Å². The number of aromatic amines is 1. The number of rotatable bonds is 8. The first-order chi connectivity index (χ1) is 17.9. The minimum atomic E-state index is -4.87. The summed E-state index contributed by atoms with van der Waals surface area (Å²) in [5, 5.41) is 7.71. The fourth-order valence-electron chi connectivity index (χ4n) is 4.82. The lowest BCUT2D eigenvalue weighted by Crippen LogP contribution is -2.40. The number of likely N-dealkylation sites (tertiary alicyclic amines) is 1. The van der Waals surface area contributed by atoms with Crippen molar-refractivity contribution < 1.29 is 35.9 Å². The largest absolute Gasteiger partial charge is 0.423 e. The third kappa shape index (κ3) is 6.00. The zero-order valence-corrected chi connectivity index (χ0v) is 20.1. The Morgan fingerprint density at radius 1 is 1.11 bits per heavy atom. The van der Waals surface area contributed by atoms with Crippen LogP contribution in [0, 0.1) is 0 Å². The topological polar surface area (TPSA) is 116 Å². The third-order valence-electron chi connectivity index (χ3n) is 6.49. The first-order valence-corrected chi connectivity index (χ1v) is 11.8. The number of carbonyl (C=O) groups excluding carboxylic acids is 1. The molecule has 0 aromatic carbocycles. The molecule has 0 radical (unpaired) electrons. The van der Waals surface area contributed by atoms with Crippen molar-refractivity contribution in [2.45, 2.75) is 56.7 Å². The second-order valence-corrected chi connectivity index (χ2v) is 9.12. The zero-order valence-electron chi connectivity index (χ0n) is 20.1. The molecule has 0 bridgehead atoms. The Balaban J connectivity index is 1.25. The zero-order chi connectivity index (χ0) is 27.7. The minimum absolute atomic E-state index is 0.0253. The van der Waals surface area contributed by atoms with E-state index in [1.54, 1.807) is 16.9 Å². The van der Waals surface area contributed by atoms with Gasteiger partial charge in [-0.2, -0.15) is 31.4 Å². The first kappa shape index (κ1) is 27.6. The van der Waals surface area contributed by atoms with Crippen LogP contribution in [0.2, 0.25) is 0 Å². The number of ether oxygens (including phenoxy) is 1. The van der Waals surface area contributed by atoms with Crippen LogP contribution < -0.4 is 15.8 Å². The smallest absolute Gasteiger partial charge is 0.379 e. The summed E-state index contributed by atoms with van der Waals surface area (Å²) in [5.41, 5.74) is -4.15. The molecule has 2 aromatic heterocycles. The quantitative estimate of drug-likeness (QED) is 0.382. The molecule has 1 unspecified atom stereocenters. The minimum Gasteiger partial charge on any atom is -0.379 e.